The summed E-state index contributed by atoms with van der Waals surface area (Å²) in [7, 11) is 0. The zero-order valence-electron chi connectivity index (χ0n) is 14.6. The second-order valence-corrected chi connectivity index (χ2v) is 5.99. The lowest BCUT2D eigenvalue weighted by atomic mass is 10.2. The Morgan fingerprint density at radius 1 is 1.00 bits per heavy atom. The number of rotatable bonds is 3. The molecule has 0 bridgehead atoms. The Morgan fingerprint density at radius 3 is 2.57 bits per heavy atom. The molecular weight excluding hydrogens is 371 g/mol. The van der Waals surface area contributed by atoms with Gasteiger partial charge in [-0.15, -0.1) is 0 Å². The third-order valence-electron chi connectivity index (χ3n) is 3.92. The van der Waals surface area contributed by atoms with Gasteiger partial charge in [0, 0.05) is 12.3 Å². The summed E-state index contributed by atoms with van der Waals surface area (Å²) in [6, 6.07) is 10.6. The van der Waals surface area contributed by atoms with Crippen molar-refractivity contribution in [1.29, 1.82) is 0 Å². The minimum absolute atomic E-state index is 0.0123. The molecule has 0 spiro atoms. The molecule has 3 N–H and O–H groups in total. The lowest BCUT2D eigenvalue weighted by Gasteiger charge is -2.10. The number of fused-ring (bicyclic) bond motifs is 1. The van der Waals surface area contributed by atoms with Gasteiger partial charge in [-0.05, 0) is 31.2 Å². The standard InChI is InChI=1S/C18H14F3N7/c1-10-23-11(9-13(22)24-10)16-17(27-15-7-2-3-8-28(15)16)26-14-6-4-5-12(25-14)18(19,20)21/h2-9H,1H3,(H,25,26)(H2,22,23,24). The molecule has 4 rings (SSSR count). The molecule has 4 aromatic rings. The van der Waals surface area contributed by atoms with Gasteiger partial charge in [0.2, 0.25) is 0 Å². The zero-order valence-corrected chi connectivity index (χ0v) is 14.6. The number of nitrogens with two attached hydrogens (primary N) is 1. The van der Waals surface area contributed by atoms with Crippen LogP contribution in [0.1, 0.15) is 11.5 Å². The van der Waals surface area contributed by atoms with E-state index >= 15 is 0 Å². The van der Waals surface area contributed by atoms with Crippen LogP contribution in [0, 0.1) is 6.92 Å². The summed E-state index contributed by atoms with van der Waals surface area (Å²) < 4.78 is 40.7. The predicted octanol–water partition coefficient (Wildman–Crippen LogP) is 3.84. The highest BCUT2D eigenvalue weighted by Gasteiger charge is 2.32. The van der Waals surface area contributed by atoms with Gasteiger partial charge in [0.15, 0.2) is 5.82 Å². The molecule has 0 atom stereocenters. The van der Waals surface area contributed by atoms with Crippen molar-refractivity contribution in [2.75, 3.05) is 11.1 Å². The highest BCUT2D eigenvalue weighted by Crippen LogP contribution is 2.32. The van der Waals surface area contributed by atoms with Gasteiger partial charge in [0.1, 0.15) is 34.5 Å². The molecule has 0 fully saturated rings. The third kappa shape index (κ3) is 3.31. The first kappa shape index (κ1) is 17.7. The molecule has 4 heterocycles. The van der Waals surface area contributed by atoms with Gasteiger partial charge >= 0.3 is 6.18 Å². The van der Waals surface area contributed by atoms with E-state index in [0.29, 0.717) is 28.7 Å². The summed E-state index contributed by atoms with van der Waals surface area (Å²) in [5.74, 6) is 1.05. The molecule has 0 saturated carbocycles. The number of halogens is 3. The van der Waals surface area contributed by atoms with E-state index in [4.69, 9.17) is 5.73 Å². The van der Waals surface area contributed by atoms with Crippen LogP contribution >= 0.6 is 0 Å². The van der Waals surface area contributed by atoms with Crippen molar-refractivity contribution in [3.05, 3.63) is 60.2 Å². The smallest absolute Gasteiger partial charge is 0.384 e. The van der Waals surface area contributed by atoms with Crippen LogP contribution in [0.25, 0.3) is 17.0 Å². The minimum atomic E-state index is -4.54. The van der Waals surface area contributed by atoms with E-state index in [1.807, 2.05) is 6.07 Å². The molecule has 0 aromatic carbocycles. The molecule has 0 aliphatic carbocycles. The van der Waals surface area contributed by atoms with Crippen LogP contribution in [0.15, 0.2) is 48.7 Å². The average Bonchev–Trinajstić information content (AvgIpc) is 2.98. The van der Waals surface area contributed by atoms with Gasteiger partial charge in [-0.1, -0.05) is 12.1 Å². The number of anilines is 3. The minimum Gasteiger partial charge on any atom is -0.384 e. The summed E-state index contributed by atoms with van der Waals surface area (Å²) >= 11 is 0. The molecule has 0 saturated heterocycles. The van der Waals surface area contributed by atoms with Gasteiger partial charge in [-0.3, -0.25) is 4.40 Å². The third-order valence-corrected chi connectivity index (χ3v) is 3.92. The quantitative estimate of drug-likeness (QED) is 0.557. The van der Waals surface area contributed by atoms with Crippen molar-refractivity contribution in [3.63, 3.8) is 0 Å². The number of nitrogens with one attached hydrogen (secondary N) is 1. The van der Waals surface area contributed by atoms with Crippen LogP contribution < -0.4 is 11.1 Å². The number of nitrogen functional groups attached to an aromatic ring is 1. The van der Waals surface area contributed by atoms with Crippen LogP contribution in [0.5, 0.6) is 0 Å². The molecular formula is C18H14F3N7. The van der Waals surface area contributed by atoms with E-state index in [9.17, 15) is 13.2 Å². The van der Waals surface area contributed by atoms with Crippen molar-refractivity contribution >= 4 is 23.1 Å². The van der Waals surface area contributed by atoms with Crippen LogP contribution in [-0.4, -0.2) is 24.3 Å². The lowest BCUT2D eigenvalue weighted by Crippen LogP contribution is -2.09. The number of aryl methyl sites for hydroxylation is 1. The van der Waals surface area contributed by atoms with Gasteiger partial charge in [-0.25, -0.2) is 19.9 Å². The Morgan fingerprint density at radius 2 is 1.82 bits per heavy atom. The lowest BCUT2D eigenvalue weighted by molar-refractivity contribution is -0.141. The fraction of sp³-hybridized carbons (Fsp3) is 0.111. The predicted molar refractivity (Wildman–Crippen MR) is 97.9 cm³/mol. The monoisotopic (exact) mass is 385 g/mol. The van der Waals surface area contributed by atoms with Crippen molar-refractivity contribution in [3.8, 4) is 11.4 Å². The molecule has 0 radical (unpaired) electrons. The van der Waals surface area contributed by atoms with Crippen molar-refractivity contribution < 1.29 is 13.2 Å². The van der Waals surface area contributed by atoms with E-state index < -0.39 is 11.9 Å². The van der Waals surface area contributed by atoms with Gasteiger partial charge in [0.25, 0.3) is 0 Å². The first-order chi connectivity index (χ1) is 13.3. The summed E-state index contributed by atoms with van der Waals surface area (Å²) in [6.45, 7) is 1.70. The molecule has 0 unspecified atom stereocenters. The fourth-order valence-corrected chi connectivity index (χ4v) is 2.82. The van der Waals surface area contributed by atoms with Crippen LogP contribution in [0.3, 0.4) is 0 Å². The molecule has 28 heavy (non-hydrogen) atoms. The Balaban J connectivity index is 1.86. The van der Waals surface area contributed by atoms with E-state index in [1.54, 1.807) is 35.7 Å². The summed E-state index contributed by atoms with van der Waals surface area (Å²) in [5, 5.41) is 2.87. The van der Waals surface area contributed by atoms with E-state index in [-0.39, 0.29) is 11.6 Å². The number of hydrogen-bond acceptors (Lipinski definition) is 6. The number of nitrogens with zero attached hydrogens (tertiary/aromatic N) is 5. The molecule has 4 aromatic heterocycles. The maximum absolute atomic E-state index is 13.0. The number of alkyl halides is 3. The maximum atomic E-state index is 13.0. The topological polar surface area (TPSA) is 94.0 Å². The fourth-order valence-electron chi connectivity index (χ4n) is 2.82. The highest BCUT2D eigenvalue weighted by molar-refractivity contribution is 5.78. The van der Waals surface area contributed by atoms with Crippen LogP contribution in [0.2, 0.25) is 0 Å². The zero-order chi connectivity index (χ0) is 19.9. The largest absolute Gasteiger partial charge is 0.433 e. The Bertz CT molecular complexity index is 1150. The van der Waals surface area contributed by atoms with E-state index in [0.717, 1.165) is 6.07 Å². The number of pyridine rings is 2. The second-order valence-electron chi connectivity index (χ2n) is 5.99. The van der Waals surface area contributed by atoms with Gasteiger partial charge in [-0.2, -0.15) is 13.2 Å². The first-order valence-corrected chi connectivity index (χ1v) is 8.21. The van der Waals surface area contributed by atoms with Crippen molar-refractivity contribution in [1.82, 2.24) is 24.3 Å². The normalized spacial score (nSPS) is 11.7. The summed E-state index contributed by atoms with van der Waals surface area (Å²) in [5.41, 5.74) is 6.45. The van der Waals surface area contributed by atoms with E-state index in [1.165, 1.54) is 12.1 Å². The number of imidazole rings is 1. The molecule has 0 amide bonds. The van der Waals surface area contributed by atoms with E-state index in [2.05, 4.69) is 25.3 Å². The van der Waals surface area contributed by atoms with Crippen molar-refractivity contribution in [2.24, 2.45) is 0 Å². The Kier molecular flexibility index (Phi) is 4.10. The maximum Gasteiger partial charge on any atom is 0.433 e. The SMILES string of the molecule is Cc1nc(N)cc(-c2c(Nc3cccc(C(F)(F)F)n3)nc3ccccn23)n1. The highest BCUT2D eigenvalue weighted by atomic mass is 19.4. The number of hydrogen-bond donors (Lipinski definition) is 2. The van der Waals surface area contributed by atoms with Crippen molar-refractivity contribution in [2.45, 2.75) is 13.1 Å². The van der Waals surface area contributed by atoms with Gasteiger partial charge < -0.3 is 11.1 Å². The summed E-state index contributed by atoms with van der Waals surface area (Å²) in [4.78, 5) is 16.6. The number of aromatic nitrogens is 5. The second kappa shape index (κ2) is 6.48. The summed E-state index contributed by atoms with van der Waals surface area (Å²) in [6.07, 6.45) is -2.77. The van der Waals surface area contributed by atoms with Crippen LogP contribution in [-0.2, 0) is 6.18 Å². The molecule has 142 valence electrons. The Hall–Kier alpha value is -3.69. The van der Waals surface area contributed by atoms with Crippen LogP contribution in [0.4, 0.5) is 30.6 Å². The average molecular weight is 385 g/mol. The molecule has 0 aliphatic heterocycles. The first-order valence-electron chi connectivity index (χ1n) is 8.21. The molecule has 7 nitrogen and oxygen atoms in total. The van der Waals surface area contributed by atoms with Gasteiger partial charge in [0.05, 0.1) is 5.69 Å². The molecule has 0 aliphatic rings. The molecule has 10 heteroatoms. The Labute approximate surface area is 157 Å².